The van der Waals surface area contributed by atoms with Crippen molar-refractivity contribution in [1.29, 1.82) is 0 Å². The molecule has 0 heterocycles. The SMILES string of the molecule is OC(Cc1ccc(Br)cc1)C(F)(F)Cl. The largest absolute Gasteiger partial charge is 0.385 e. The molecule has 0 bridgehead atoms. The lowest BCUT2D eigenvalue weighted by atomic mass is 10.1. The second-order valence-electron chi connectivity index (χ2n) is 2.89. The van der Waals surface area contributed by atoms with Crippen molar-refractivity contribution in [1.82, 2.24) is 0 Å². The van der Waals surface area contributed by atoms with E-state index >= 15 is 0 Å². The van der Waals surface area contributed by atoms with Crippen LogP contribution < -0.4 is 0 Å². The Labute approximate surface area is 93.8 Å². The number of benzene rings is 1. The predicted molar refractivity (Wildman–Crippen MR) is 54.7 cm³/mol. The Kier molecular flexibility index (Phi) is 3.86. The molecule has 0 aliphatic carbocycles. The van der Waals surface area contributed by atoms with E-state index in [0.29, 0.717) is 5.56 Å². The van der Waals surface area contributed by atoms with Gasteiger partial charge in [0.2, 0.25) is 0 Å². The van der Waals surface area contributed by atoms with Crippen LogP contribution in [-0.2, 0) is 6.42 Å². The second-order valence-corrected chi connectivity index (χ2v) is 4.31. The Morgan fingerprint density at radius 2 is 1.86 bits per heavy atom. The number of hydrogen-bond acceptors (Lipinski definition) is 1. The number of aliphatic hydroxyl groups is 1. The van der Waals surface area contributed by atoms with Gasteiger partial charge in [0.1, 0.15) is 6.10 Å². The fourth-order valence-corrected chi connectivity index (χ4v) is 1.30. The van der Waals surface area contributed by atoms with Crippen molar-refractivity contribution in [3.8, 4) is 0 Å². The Hall–Kier alpha value is -0.190. The van der Waals surface area contributed by atoms with E-state index in [-0.39, 0.29) is 6.42 Å². The normalized spacial score (nSPS) is 14.1. The first-order valence-electron chi connectivity index (χ1n) is 3.89. The van der Waals surface area contributed by atoms with E-state index in [1.165, 1.54) is 0 Å². The van der Waals surface area contributed by atoms with Gasteiger partial charge in [0, 0.05) is 10.9 Å². The lowest BCUT2D eigenvalue weighted by molar-refractivity contribution is -0.0397. The molecule has 1 rings (SSSR count). The van der Waals surface area contributed by atoms with Gasteiger partial charge in [0.25, 0.3) is 0 Å². The molecular formula is C9H8BrClF2O. The molecule has 0 saturated heterocycles. The first-order valence-corrected chi connectivity index (χ1v) is 5.06. The van der Waals surface area contributed by atoms with Gasteiger partial charge in [-0.3, -0.25) is 0 Å². The summed E-state index contributed by atoms with van der Waals surface area (Å²) in [6, 6.07) is 6.73. The van der Waals surface area contributed by atoms with E-state index in [1.54, 1.807) is 24.3 Å². The molecule has 1 unspecified atom stereocenters. The zero-order valence-electron chi connectivity index (χ0n) is 7.05. The minimum absolute atomic E-state index is 0.163. The molecule has 0 aliphatic heterocycles. The van der Waals surface area contributed by atoms with Gasteiger partial charge in [0.15, 0.2) is 0 Å². The Bertz CT molecular complexity index is 297. The van der Waals surface area contributed by atoms with Crippen LogP contribution in [0.15, 0.2) is 28.7 Å². The van der Waals surface area contributed by atoms with Crippen LogP contribution in [0.2, 0.25) is 0 Å². The number of hydrogen-bond donors (Lipinski definition) is 1. The first-order chi connectivity index (χ1) is 6.39. The van der Waals surface area contributed by atoms with Crippen LogP contribution >= 0.6 is 27.5 Å². The number of aliphatic hydroxyl groups excluding tert-OH is 1. The zero-order chi connectivity index (χ0) is 10.8. The summed E-state index contributed by atoms with van der Waals surface area (Å²) in [5, 5.41) is 5.44. The fraction of sp³-hybridized carbons (Fsp3) is 0.333. The van der Waals surface area contributed by atoms with Crippen molar-refractivity contribution in [3.63, 3.8) is 0 Å². The maximum Gasteiger partial charge on any atom is 0.347 e. The molecule has 0 fully saturated rings. The summed E-state index contributed by atoms with van der Waals surface area (Å²) >= 11 is 7.89. The molecule has 0 aromatic heterocycles. The summed E-state index contributed by atoms with van der Waals surface area (Å²) in [4.78, 5) is 0. The molecule has 1 aromatic carbocycles. The quantitative estimate of drug-likeness (QED) is 0.846. The molecule has 0 aliphatic rings. The van der Waals surface area contributed by atoms with Crippen LogP contribution in [0.3, 0.4) is 0 Å². The molecule has 1 atom stereocenters. The van der Waals surface area contributed by atoms with Gasteiger partial charge in [-0.1, -0.05) is 28.1 Å². The van der Waals surface area contributed by atoms with Crippen LogP contribution in [0.4, 0.5) is 8.78 Å². The smallest absolute Gasteiger partial charge is 0.347 e. The molecule has 5 heteroatoms. The third-order valence-corrected chi connectivity index (χ3v) is 2.50. The molecule has 0 radical (unpaired) electrons. The van der Waals surface area contributed by atoms with Crippen LogP contribution in [0.1, 0.15) is 5.56 Å². The molecule has 1 aromatic rings. The van der Waals surface area contributed by atoms with E-state index in [1.807, 2.05) is 0 Å². The third-order valence-electron chi connectivity index (χ3n) is 1.72. The number of rotatable bonds is 3. The van der Waals surface area contributed by atoms with E-state index < -0.39 is 11.5 Å². The van der Waals surface area contributed by atoms with Gasteiger partial charge >= 0.3 is 5.38 Å². The van der Waals surface area contributed by atoms with Crippen molar-refractivity contribution in [2.24, 2.45) is 0 Å². The number of halogens is 4. The minimum atomic E-state index is -3.58. The average molecular weight is 286 g/mol. The van der Waals surface area contributed by atoms with Gasteiger partial charge in [-0.25, -0.2) is 0 Å². The van der Waals surface area contributed by atoms with E-state index in [4.69, 9.17) is 5.11 Å². The van der Waals surface area contributed by atoms with Crippen LogP contribution in [-0.4, -0.2) is 16.6 Å². The topological polar surface area (TPSA) is 20.2 Å². The number of alkyl halides is 3. The molecule has 0 saturated carbocycles. The van der Waals surface area contributed by atoms with Crippen molar-refractivity contribution >= 4 is 27.5 Å². The summed E-state index contributed by atoms with van der Waals surface area (Å²) in [6.45, 7) is 0. The van der Waals surface area contributed by atoms with Gasteiger partial charge in [0.05, 0.1) is 0 Å². The standard InChI is InChI=1S/C9H8BrClF2O/c10-7-3-1-6(2-4-7)5-8(14)9(11,12)13/h1-4,8,14H,5H2. The minimum Gasteiger partial charge on any atom is -0.385 e. The van der Waals surface area contributed by atoms with Gasteiger partial charge in [-0.2, -0.15) is 8.78 Å². The van der Waals surface area contributed by atoms with Crippen LogP contribution in [0, 0.1) is 0 Å². The zero-order valence-corrected chi connectivity index (χ0v) is 9.39. The molecule has 1 N–H and O–H groups in total. The first kappa shape index (κ1) is 11.9. The highest BCUT2D eigenvalue weighted by Gasteiger charge is 2.35. The lowest BCUT2D eigenvalue weighted by Gasteiger charge is -2.15. The summed E-state index contributed by atoms with van der Waals surface area (Å²) in [5.41, 5.74) is 0.612. The van der Waals surface area contributed by atoms with Crippen molar-refractivity contribution in [2.75, 3.05) is 0 Å². The average Bonchev–Trinajstić information content (AvgIpc) is 2.07. The molecular weight excluding hydrogens is 277 g/mol. The van der Waals surface area contributed by atoms with Crippen LogP contribution in [0.25, 0.3) is 0 Å². The van der Waals surface area contributed by atoms with E-state index in [0.717, 1.165) is 4.47 Å². The fourth-order valence-electron chi connectivity index (χ4n) is 0.959. The van der Waals surface area contributed by atoms with E-state index in [2.05, 4.69) is 27.5 Å². The van der Waals surface area contributed by atoms with Crippen molar-refractivity contribution in [3.05, 3.63) is 34.3 Å². The Balaban J connectivity index is 2.65. The maximum atomic E-state index is 12.4. The van der Waals surface area contributed by atoms with Gasteiger partial charge in [-0.15, -0.1) is 0 Å². The van der Waals surface area contributed by atoms with Crippen molar-refractivity contribution < 1.29 is 13.9 Å². The lowest BCUT2D eigenvalue weighted by Crippen LogP contribution is -2.29. The Morgan fingerprint density at radius 1 is 1.36 bits per heavy atom. The summed E-state index contributed by atoms with van der Waals surface area (Å²) in [6.07, 6.45) is -2.02. The molecule has 14 heavy (non-hydrogen) atoms. The highest BCUT2D eigenvalue weighted by Crippen LogP contribution is 2.26. The highest BCUT2D eigenvalue weighted by molar-refractivity contribution is 9.10. The van der Waals surface area contributed by atoms with Crippen molar-refractivity contribution in [2.45, 2.75) is 17.9 Å². The second kappa shape index (κ2) is 4.55. The summed E-state index contributed by atoms with van der Waals surface area (Å²) in [5.74, 6) is 0. The van der Waals surface area contributed by atoms with Gasteiger partial charge < -0.3 is 5.11 Å². The monoisotopic (exact) mass is 284 g/mol. The third kappa shape index (κ3) is 3.52. The predicted octanol–water partition coefficient (Wildman–Crippen LogP) is 3.18. The maximum absolute atomic E-state index is 12.4. The molecule has 0 amide bonds. The summed E-state index contributed by atoms with van der Waals surface area (Å²) in [7, 11) is 0. The summed E-state index contributed by atoms with van der Waals surface area (Å²) < 4.78 is 25.6. The Morgan fingerprint density at radius 3 is 2.29 bits per heavy atom. The van der Waals surface area contributed by atoms with Gasteiger partial charge in [-0.05, 0) is 29.3 Å². The van der Waals surface area contributed by atoms with Crippen LogP contribution in [0.5, 0.6) is 0 Å². The van der Waals surface area contributed by atoms with E-state index in [9.17, 15) is 8.78 Å². The molecule has 1 nitrogen and oxygen atoms in total. The molecule has 0 spiro atoms. The highest BCUT2D eigenvalue weighted by atomic mass is 79.9. The molecule has 78 valence electrons.